The fourth-order valence-corrected chi connectivity index (χ4v) is 4.35. The summed E-state index contributed by atoms with van der Waals surface area (Å²) in [5.41, 5.74) is -0.204. The summed E-state index contributed by atoms with van der Waals surface area (Å²) in [5, 5.41) is 25.7. The monoisotopic (exact) mass is 494 g/mol. The molecule has 1 aromatic heterocycles. The van der Waals surface area contributed by atoms with Crippen molar-refractivity contribution >= 4 is 27.2 Å². The minimum atomic E-state index is -4.14. The molecule has 0 unspecified atom stereocenters. The Morgan fingerprint density at radius 3 is 2.49 bits per heavy atom. The first kappa shape index (κ1) is 23.4. The zero-order valence-electron chi connectivity index (χ0n) is 18.2. The van der Waals surface area contributed by atoms with E-state index in [1.807, 2.05) is 0 Å². The van der Waals surface area contributed by atoms with E-state index in [1.165, 1.54) is 55.9 Å². The molecular formula is C23H18N4O7S. The van der Waals surface area contributed by atoms with Crippen LogP contribution in [-0.2, 0) is 10.0 Å². The highest BCUT2D eigenvalue weighted by atomic mass is 32.2. The number of nitrogens with zero attached hydrogens (tertiary/aromatic N) is 3. The Kier molecular flexibility index (Phi) is 6.21. The van der Waals surface area contributed by atoms with Crippen LogP contribution in [-0.4, -0.2) is 41.1 Å². The molecule has 3 aromatic carbocycles. The molecule has 11 nitrogen and oxygen atoms in total. The number of sulfonamides is 1. The van der Waals surface area contributed by atoms with Crippen molar-refractivity contribution in [2.24, 2.45) is 0 Å². The number of rotatable bonds is 8. The van der Waals surface area contributed by atoms with E-state index in [4.69, 9.17) is 4.74 Å². The van der Waals surface area contributed by atoms with Crippen LogP contribution >= 0.6 is 0 Å². The van der Waals surface area contributed by atoms with Gasteiger partial charge in [-0.05, 0) is 48.5 Å². The van der Waals surface area contributed by atoms with Crippen LogP contribution in [0.1, 0.15) is 15.9 Å². The Morgan fingerprint density at radius 2 is 1.83 bits per heavy atom. The van der Waals surface area contributed by atoms with E-state index in [9.17, 15) is 28.4 Å². The third-order valence-electron chi connectivity index (χ3n) is 5.04. The van der Waals surface area contributed by atoms with Crippen LogP contribution in [0, 0.1) is 10.1 Å². The number of ether oxygens (including phenoxy) is 1. The fraction of sp³-hybridized carbons (Fsp3) is 0.0435. The first-order valence-corrected chi connectivity index (χ1v) is 11.5. The Hall–Kier alpha value is -4.71. The van der Waals surface area contributed by atoms with Gasteiger partial charge in [0.25, 0.3) is 15.7 Å². The van der Waals surface area contributed by atoms with Gasteiger partial charge in [0, 0.05) is 18.0 Å². The Morgan fingerprint density at radius 1 is 1.11 bits per heavy atom. The number of hydrogen-bond donors (Lipinski definition) is 2. The number of ketones is 1. The number of nitro groups is 1. The molecule has 2 N–H and O–H groups in total. The van der Waals surface area contributed by atoms with Gasteiger partial charge in [-0.3, -0.25) is 19.6 Å². The van der Waals surface area contributed by atoms with Gasteiger partial charge in [-0.1, -0.05) is 12.1 Å². The molecule has 4 aromatic rings. The molecule has 0 radical (unpaired) electrons. The summed E-state index contributed by atoms with van der Waals surface area (Å²) >= 11 is 0. The Labute approximate surface area is 199 Å². The molecule has 0 spiro atoms. The number of aromatic hydroxyl groups is 1. The number of hydrogen-bond acceptors (Lipinski definition) is 8. The summed E-state index contributed by atoms with van der Waals surface area (Å²) in [6, 6.07) is 15.4. The van der Waals surface area contributed by atoms with Gasteiger partial charge in [-0.2, -0.15) is 5.10 Å². The number of carbonyl (C=O) groups is 1. The maximum absolute atomic E-state index is 12.8. The third-order valence-corrected chi connectivity index (χ3v) is 6.42. The number of para-hydroxylation sites is 1. The summed E-state index contributed by atoms with van der Waals surface area (Å²) in [4.78, 5) is 23.4. The number of carbonyl (C=O) groups excluding carboxylic acids is 1. The number of benzene rings is 3. The van der Waals surface area contributed by atoms with E-state index >= 15 is 0 Å². The van der Waals surface area contributed by atoms with Crippen molar-refractivity contribution in [3.05, 3.63) is 100 Å². The lowest BCUT2D eigenvalue weighted by Crippen LogP contribution is -2.14. The summed E-state index contributed by atoms with van der Waals surface area (Å²) in [6.45, 7) is 0. The van der Waals surface area contributed by atoms with Gasteiger partial charge in [0.15, 0.2) is 5.78 Å². The fourth-order valence-electron chi connectivity index (χ4n) is 3.28. The SMILES string of the molecule is COc1ccc(NS(=O)(=O)c2ccc(-n3cc(C(=O)c4ccccc4O)cn3)c([N+](=O)[O-])c2)cc1. The van der Waals surface area contributed by atoms with Gasteiger partial charge >= 0.3 is 0 Å². The average Bonchev–Trinajstić information content (AvgIpc) is 3.34. The van der Waals surface area contributed by atoms with E-state index in [2.05, 4.69) is 9.82 Å². The number of anilines is 1. The van der Waals surface area contributed by atoms with Gasteiger partial charge in [-0.25, -0.2) is 13.1 Å². The van der Waals surface area contributed by atoms with Crippen LogP contribution in [0.5, 0.6) is 11.5 Å². The third kappa shape index (κ3) is 4.82. The largest absolute Gasteiger partial charge is 0.507 e. The predicted molar refractivity (Wildman–Crippen MR) is 126 cm³/mol. The summed E-state index contributed by atoms with van der Waals surface area (Å²) in [7, 11) is -2.67. The number of phenolic OH excluding ortho intramolecular Hbond substituents is 1. The van der Waals surface area contributed by atoms with Gasteiger partial charge in [0.1, 0.15) is 17.2 Å². The highest BCUT2D eigenvalue weighted by molar-refractivity contribution is 7.92. The predicted octanol–water partition coefficient (Wildman–Crippen LogP) is 3.53. The molecule has 0 fully saturated rings. The lowest BCUT2D eigenvalue weighted by molar-refractivity contribution is -0.384. The lowest BCUT2D eigenvalue weighted by Gasteiger charge is -2.10. The smallest absolute Gasteiger partial charge is 0.296 e. The van der Waals surface area contributed by atoms with E-state index in [0.717, 1.165) is 10.7 Å². The Bertz CT molecular complexity index is 1530. The zero-order chi connectivity index (χ0) is 25.2. The minimum Gasteiger partial charge on any atom is -0.507 e. The first-order valence-electron chi connectivity index (χ1n) is 10.0. The molecule has 12 heteroatoms. The highest BCUT2D eigenvalue weighted by Crippen LogP contribution is 2.28. The quantitative estimate of drug-likeness (QED) is 0.214. The second-order valence-corrected chi connectivity index (χ2v) is 8.94. The van der Waals surface area contributed by atoms with Crippen molar-refractivity contribution in [1.29, 1.82) is 0 Å². The van der Waals surface area contributed by atoms with Crippen molar-refractivity contribution in [3.8, 4) is 17.2 Å². The molecule has 1 heterocycles. The molecule has 178 valence electrons. The average molecular weight is 494 g/mol. The molecule has 0 aliphatic heterocycles. The molecule has 4 rings (SSSR count). The van der Waals surface area contributed by atoms with Crippen molar-refractivity contribution in [2.75, 3.05) is 11.8 Å². The highest BCUT2D eigenvalue weighted by Gasteiger charge is 2.24. The molecule has 0 saturated heterocycles. The Balaban J connectivity index is 1.66. The molecular weight excluding hydrogens is 476 g/mol. The second kappa shape index (κ2) is 9.27. The van der Waals surface area contributed by atoms with Crippen LogP contribution in [0.3, 0.4) is 0 Å². The van der Waals surface area contributed by atoms with E-state index in [-0.39, 0.29) is 33.1 Å². The minimum absolute atomic E-state index is 0.0465. The zero-order valence-corrected chi connectivity index (χ0v) is 19.0. The second-order valence-electron chi connectivity index (χ2n) is 7.26. The maximum atomic E-state index is 12.8. The van der Waals surface area contributed by atoms with Crippen LogP contribution in [0.25, 0.3) is 5.69 Å². The molecule has 0 saturated carbocycles. The normalized spacial score (nSPS) is 11.1. The molecule has 0 aliphatic rings. The maximum Gasteiger partial charge on any atom is 0.296 e. The van der Waals surface area contributed by atoms with Gasteiger partial charge < -0.3 is 9.84 Å². The number of nitro benzene ring substituents is 1. The topological polar surface area (TPSA) is 154 Å². The first-order chi connectivity index (χ1) is 16.7. The molecule has 0 atom stereocenters. The molecule has 0 bridgehead atoms. The van der Waals surface area contributed by atoms with Gasteiger partial charge in [0.05, 0.1) is 34.3 Å². The van der Waals surface area contributed by atoms with Crippen LogP contribution in [0.4, 0.5) is 11.4 Å². The van der Waals surface area contributed by atoms with Crippen molar-refractivity contribution in [2.45, 2.75) is 4.90 Å². The van der Waals surface area contributed by atoms with E-state index in [0.29, 0.717) is 5.75 Å². The van der Waals surface area contributed by atoms with Crippen LogP contribution in [0.15, 0.2) is 84.0 Å². The number of aromatic nitrogens is 2. The summed E-state index contributed by atoms with van der Waals surface area (Å²) in [6.07, 6.45) is 2.47. The molecule has 0 amide bonds. The summed E-state index contributed by atoms with van der Waals surface area (Å²) < 4.78 is 34.1. The van der Waals surface area contributed by atoms with Crippen LogP contribution < -0.4 is 9.46 Å². The van der Waals surface area contributed by atoms with E-state index < -0.39 is 26.4 Å². The molecule has 0 aliphatic carbocycles. The van der Waals surface area contributed by atoms with E-state index in [1.54, 1.807) is 24.3 Å². The lowest BCUT2D eigenvalue weighted by atomic mass is 10.1. The van der Waals surface area contributed by atoms with Gasteiger partial charge in [0.2, 0.25) is 0 Å². The van der Waals surface area contributed by atoms with Crippen molar-refractivity contribution in [3.63, 3.8) is 0 Å². The summed E-state index contributed by atoms with van der Waals surface area (Å²) in [5.74, 6) is -0.206. The molecule has 35 heavy (non-hydrogen) atoms. The standard InChI is InChI=1S/C23H18N4O7S/c1-34-17-8-6-16(7-9-17)25-35(32,33)18-10-11-20(21(12-18)27(30)31)26-14-15(13-24-26)23(29)19-4-2-3-5-22(19)28/h2-14,25,28H,1H3. The number of methoxy groups -OCH3 is 1. The van der Waals surface area contributed by atoms with Gasteiger partial charge in [-0.15, -0.1) is 0 Å². The van der Waals surface area contributed by atoms with Crippen molar-refractivity contribution < 1.29 is 28.0 Å². The van der Waals surface area contributed by atoms with Crippen molar-refractivity contribution in [1.82, 2.24) is 9.78 Å². The number of phenols is 1. The van der Waals surface area contributed by atoms with Crippen LogP contribution in [0.2, 0.25) is 0 Å². The number of nitrogens with one attached hydrogen (secondary N) is 1.